The van der Waals surface area contributed by atoms with E-state index < -0.39 is 42.9 Å². The largest absolute Gasteiger partial charge is 0.497 e. The molecule has 0 unspecified atom stereocenters. The van der Waals surface area contributed by atoms with Gasteiger partial charge in [0.05, 0.1) is 24.1 Å². The van der Waals surface area contributed by atoms with E-state index in [1.165, 1.54) is 19.2 Å². The minimum atomic E-state index is -1.59. The summed E-state index contributed by atoms with van der Waals surface area (Å²) in [4.78, 5) is 12.4. The molecular formula is C20H19ClO9. The van der Waals surface area contributed by atoms with E-state index in [1.807, 2.05) is 0 Å². The van der Waals surface area contributed by atoms with Gasteiger partial charge in [0.25, 0.3) is 0 Å². The Morgan fingerprint density at radius 2 is 1.80 bits per heavy atom. The molecule has 4 rings (SSSR count). The van der Waals surface area contributed by atoms with E-state index in [0.717, 1.165) is 0 Å². The molecule has 10 heteroatoms. The van der Waals surface area contributed by atoms with Crippen LogP contribution in [0.25, 0.3) is 21.7 Å². The molecule has 4 N–H and O–H groups in total. The summed E-state index contributed by atoms with van der Waals surface area (Å²) in [6.45, 7) is -0.591. The SMILES string of the molecule is COc1ccc2c(=O)oc3cc(O[C@@H]4O[C@H](CO)[C@@H](O)[C@H](O)[C@H]4O)cc(Cl)c3c2c1. The first kappa shape index (κ1) is 20.9. The van der Waals surface area contributed by atoms with Crippen LogP contribution in [-0.2, 0) is 4.74 Å². The Kier molecular flexibility index (Phi) is 5.58. The van der Waals surface area contributed by atoms with Crippen LogP contribution in [0.5, 0.6) is 11.5 Å². The van der Waals surface area contributed by atoms with E-state index in [1.54, 1.807) is 18.2 Å². The molecular weight excluding hydrogens is 420 g/mol. The Morgan fingerprint density at radius 3 is 2.50 bits per heavy atom. The topological polar surface area (TPSA) is 139 Å². The third kappa shape index (κ3) is 3.49. The van der Waals surface area contributed by atoms with Crippen LogP contribution >= 0.6 is 11.6 Å². The van der Waals surface area contributed by atoms with Crippen molar-refractivity contribution in [2.75, 3.05) is 13.7 Å². The molecule has 2 aromatic carbocycles. The van der Waals surface area contributed by atoms with Crippen LogP contribution in [0, 0.1) is 0 Å². The number of aliphatic hydroxyl groups excluding tert-OH is 4. The third-order valence-electron chi connectivity index (χ3n) is 5.05. The van der Waals surface area contributed by atoms with Crippen LogP contribution in [0.2, 0.25) is 5.02 Å². The molecule has 9 nitrogen and oxygen atoms in total. The summed E-state index contributed by atoms with van der Waals surface area (Å²) in [7, 11) is 1.50. The van der Waals surface area contributed by atoms with Gasteiger partial charge in [-0.2, -0.15) is 0 Å². The molecule has 5 atom stereocenters. The Morgan fingerprint density at radius 1 is 1.03 bits per heavy atom. The maximum atomic E-state index is 12.4. The molecule has 1 fully saturated rings. The summed E-state index contributed by atoms with van der Waals surface area (Å²) in [5.41, 5.74) is -0.450. The van der Waals surface area contributed by atoms with Gasteiger partial charge >= 0.3 is 5.63 Å². The van der Waals surface area contributed by atoms with E-state index in [2.05, 4.69) is 0 Å². The predicted octanol–water partition coefficient (Wildman–Crippen LogP) is 0.787. The number of hydrogen-bond acceptors (Lipinski definition) is 9. The lowest BCUT2D eigenvalue weighted by molar-refractivity contribution is -0.277. The number of hydrogen-bond donors (Lipinski definition) is 4. The van der Waals surface area contributed by atoms with Gasteiger partial charge in [0.2, 0.25) is 6.29 Å². The molecule has 0 radical (unpaired) electrons. The summed E-state index contributed by atoms with van der Waals surface area (Å²) < 4.78 is 21.5. The molecule has 1 saturated heterocycles. The first-order valence-electron chi connectivity index (χ1n) is 9.05. The fourth-order valence-electron chi connectivity index (χ4n) is 3.46. The average molecular weight is 439 g/mol. The highest BCUT2D eigenvalue weighted by atomic mass is 35.5. The molecule has 1 aromatic heterocycles. The molecule has 1 aliphatic heterocycles. The van der Waals surface area contributed by atoms with Crippen molar-refractivity contribution < 1.29 is 39.1 Å². The number of methoxy groups -OCH3 is 1. The molecule has 3 aromatic rings. The van der Waals surface area contributed by atoms with Crippen LogP contribution in [0.15, 0.2) is 39.5 Å². The lowest BCUT2D eigenvalue weighted by Gasteiger charge is -2.39. The quantitative estimate of drug-likeness (QED) is 0.344. The zero-order valence-corrected chi connectivity index (χ0v) is 16.4. The number of aliphatic hydroxyl groups is 4. The number of ether oxygens (including phenoxy) is 3. The van der Waals surface area contributed by atoms with E-state index >= 15 is 0 Å². The fourth-order valence-corrected chi connectivity index (χ4v) is 3.76. The first-order chi connectivity index (χ1) is 14.3. The van der Waals surface area contributed by atoms with Crippen molar-refractivity contribution in [3.05, 3.63) is 45.8 Å². The van der Waals surface area contributed by atoms with Crippen molar-refractivity contribution in [3.63, 3.8) is 0 Å². The Labute approximate surface area is 174 Å². The van der Waals surface area contributed by atoms with Crippen molar-refractivity contribution >= 4 is 33.3 Å². The number of rotatable bonds is 4. The second-order valence-corrected chi connectivity index (χ2v) is 7.30. The molecule has 0 aliphatic carbocycles. The monoisotopic (exact) mass is 438 g/mol. The minimum absolute atomic E-state index is 0.0854. The Hall–Kier alpha value is -2.40. The maximum absolute atomic E-state index is 12.4. The third-order valence-corrected chi connectivity index (χ3v) is 5.34. The summed E-state index contributed by atoms with van der Waals surface area (Å²) in [6.07, 6.45) is -7.22. The molecule has 0 amide bonds. The predicted molar refractivity (Wildman–Crippen MR) is 106 cm³/mol. The molecule has 0 bridgehead atoms. The second-order valence-electron chi connectivity index (χ2n) is 6.89. The normalized spacial score (nSPS) is 26.8. The van der Waals surface area contributed by atoms with Gasteiger partial charge in [0.1, 0.15) is 41.5 Å². The maximum Gasteiger partial charge on any atom is 0.344 e. The van der Waals surface area contributed by atoms with Crippen molar-refractivity contribution in [2.24, 2.45) is 0 Å². The van der Waals surface area contributed by atoms with Crippen molar-refractivity contribution in [2.45, 2.75) is 30.7 Å². The number of fused-ring (bicyclic) bond motifs is 3. The van der Waals surface area contributed by atoms with E-state index in [4.69, 9.17) is 30.2 Å². The average Bonchev–Trinajstić information content (AvgIpc) is 2.73. The van der Waals surface area contributed by atoms with Gasteiger partial charge in [-0.15, -0.1) is 0 Å². The van der Waals surface area contributed by atoms with Crippen molar-refractivity contribution in [3.8, 4) is 11.5 Å². The number of halogens is 1. The fraction of sp³-hybridized carbons (Fsp3) is 0.350. The molecule has 0 spiro atoms. The van der Waals surface area contributed by atoms with Crippen LogP contribution in [0.3, 0.4) is 0 Å². The van der Waals surface area contributed by atoms with Crippen LogP contribution in [-0.4, -0.2) is 64.8 Å². The standard InChI is InChI=1S/C20H19ClO9/c1-27-8-2-3-10-11(4-8)15-12(21)5-9(6-13(15)29-19(10)26)28-20-18(25)17(24)16(23)14(7-22)30-20/h2-6,14,16-18,20,22-25H,7H2,1H3/t14-,16-,17+,18-,20-/m1/s1. The summed E-state index contributed by atoms with van der Waals surface area (Å²) in [5, 5.41) is 40.7. The smallest absolute Gasteiger partial charge is 0.344 e. The summed E-state index contributed by atoms with van der Waals surface area (Å²) in [5.74, 6) is 0.620. The molecule has 160 valence electrons. The molecule has 0 saturated carbocycles. The summed E-state index contributed by atoms with van der Waals surface area (Å²) >= 11 is 6.44. The minimum Gasteiger partial charge on any atom is -0.497 e. The lowest BCUT2D eigenvalue weighted by atomic mass is 9.99. The lowest BCUT2D eigenvalue weighted by Crippen LogP contribution is -2.60. The van der Waals surface area contributed by atoms with Gasteiger partial charge in [0.15, 0.2) is 0 Å². The first-order valence-corrected chi connectivity index (χ1v) is 9.43. The van der Waals surface area contributed by atoms with Crippen LogP contribution in [0.1, 0.15) is 0 Å². The van der Waals surface area contributed by atoms with Gasteiger partial charge in [-0.1, -0.05) is 11.6 Å². The second kappa shape index (κ2) is 8.03. The molecule has 30 heavy (non-hydrogen) atoms. The molecule has 2 heterocycles. The van der Waals surface area contributed by atoms with Crippen LogP contribution in [0.4, 0.5) is 0 Å². The Balaban J connectivity index is 1.76. The van der Waals surface area contributed by atoms with Gasteiger partial charge in [0, 0.05) is 16.8 Å². The van der Waals surface area contributed by atoms with Crippen molar-refractivity contribution in [1.82, 2.24) is 0 Å². The zero-order valence-electron chi connectivity index (χ0n) is 15.7. The van der Waals surface area contributed by atoms with Crippen molar-refractivity contribution in [1.29, 1.82) is 0 Å². The highest BCUT2D eigenvalue weighted by molar-refractivity contribution is 6.37. The van der Waals surface area contributed by atoms with E-state index in [9.17, 15) is 25.2 Å². The number of benzene rings is 2. The van der Waals surface area contributed by atoms with Gasteiger partial charge in [-0.25, -0.2) is 4.79 Å². The van der Waals surface area contributed by atoms with Gasteiger partial charge in [-0.3, -0.25) is 0 Å². The summed E-state index contributed by atoms with van der Waals surface area (Å²) in [6, 6.07) is 7.70. The zero-order chi connectivity index (χ0) is 21.6. The highest BCUT2D eigenvalue weighted by Crippen LogP contribution is 2.36. The highest BCUT2D eigenvalue weighted by Gasteiger charge is 2.44. The van der Waals surface area contributed by atoms with E-state index in [0.29, 0.717) is 21.9 Å². The van der Waals surface area contributed by atoms with E-state index in [-0.39, 0.29) is 16.4 Å². The van der Waals surface area contributed by atoms with Crippen LogP contribution < -0.4 is 15.1 Å². The Bertz CT molecular complexity index is 1140. The van der Waals surface area contributed by atoms with Gasteiger partial charge in [-0.05, 0) is 24.3 Å². The molecule has 1 aliphatic rings. The van der Waals surface area contributed by atoms with Gasteiger partial charge < -0.3 is 39.1 Å².